The zero-order valence-electron chi connectivity index (χ0n) is 10.6. The molecule has 94 valence electrons. The summed E-state index contributed by atoms with van der Waals surface area (Å²) in [5.74, 6) is -0.127. The van der Waals surface area contributed by atoms with Crippen LogP contribution in [-0.4, -0.2) is 23.5 Å². The van der Waals surface area contributed by atoms with Crippen molar-refractivity contribution in [2.24, 2.45) is 5.73 Å². The van der Waals surface area contributed by atoms with E-state index in [0.29, 0.717) is 6.54 Å². The summed E-state index contributed by atoms with van der Waals surface area (Å²) in [5, 5.41) is 2.89. The molecule has 17 heavy (non-hydrogen) atoms. The van der Waals surface area contributed by atoms with E-state index >= 15 is 0 Å². The Labute approximate surface area is 107 Å². The van der Waals surface area contributed by atoms with Gasteiger partial charge in [-0.25, -0.2) is 0 Å². The van der Waals surface area contributed by atoms with Gasteiger partial charge in [-0.15, -0.1) is 0 Å². The Morgan fingerprint density at radius 1 is 1.41 bits per heavy atom. The molecule has 0 radical (unpaired) electrons. The second-order valence-electron chi connectivity index (χ2n) is 4.57. The molecule has 0 aliphatic rings. The van der Waals surface area contributed by atoms with E-state index in [4.69, 9.17) is 5.73 Å². The molecule has 0 unspecified atom stereocenters. The average molecular weight is 252 g/mol. The maximum Gasteiger partial charge on any atom is 0.241 e. The molecule has 0 heterocycles. The summed E-state index contributed by atoms with van der Waals surface area (Å²) in [7, 11) is 0. The summed E-state index contributed by atoms with van der Waals surface area (Å²) in [6, 6.07) is 8.82. The third kappa shape index (κ3) is 4.40. The summed E-state index contributed by atoms with van der Waals surface area (Å²) in [6.45, 7) is 4.80. The van der Waals surface area contributed by atoms with E-state index in [2.05, 4.69) is 19.2 Å². The van der Waals surface area contributed by atoms with Crippen LogP contribution in [0, 0.1) is 0 Å². The van der Waals surface area contributed by atoms with Gasteiger partial charge in [0.2, 0.25) is 5.91 Å². The Kier molecular flexibility index (Phi) is 5.02. The highest BCUT2D eigenvalue weighted by Crippen LogP contribution is 2.20. The Bertz CT molecular complexity index is 365. The maximum atomic E-state index is 11.9. The van der Waals surface area contributed by atoms with E-state index in [1.54, 1.807) is 11.8 Å². The smallest absolute Gasteiger partial charge is 0.241 e. The van der Waals surface area contributed by atoms with Gasteiger partial charge in [0.15, 0.2) is 0 Å². The molecule has 4 heteroatoms. The predicted octanol–water partition coefficient (Wildman–Crippen LogP) is 1.94. The fraction of sp³-hybridized carbons (Fsp3) is 0.462. The molecule has 0 saturated carbocycles. The number of amides is 1. The molecule has 0 fully saturated rings. The van der Waals surface area contributed by atoms with Crippen LogP contribution in [0.25, 0.3) is 0 Å². The molecular formula is C13H20N2OS. The molecule has 3 N–H and O–H groups in total. The van der Waals surface area contributed by atoms with E-state index in [0.717, 1.165) is 5.56 Å². The van der Waals surface area contributed by atoms with E-state index in [-0.39, 0.29) is 10.7 Å². The Morgan fingerprint density at radius 2 is 2.00 bits per heavy atom. The minimum absolute atomic E-state index is 0.0338. The summed E-state index contributed by atoms with van der Waals surface area (Å²) in [6.07, 6.45) is 2.03. The fourth-order valence-electron chi connectivity index (χ4n) is 1.29. The molecule has 1 aromatic carbocycles. The van der Waals surface area contributed by atoms with Crippen LogP contribution >= 0.6 is 11.8 Å². The topological polar surface area (TPSA) is 55.1 Å². The van der Waals surface area contributed by atoms with Gasteiger partial charge in [-0.2, -0.15) is 11.8 Å². The lowest BCUT2D eigenvalue weighted by atomic mass is 10.1. The van der Waals surface area contributed by atoms with Crippen molar-refractivity contribution in [2.75, 3.05) is 12.8 Å². The second-order valence-corrected chi connectivity index (χ2v) is 6.08. The number of nitrogens with two attached hydrogens (primary N) is 1. The van der Waals surface area contributed by atoms with Crippen LogP contribution in [0.1, 0.15) is 25.5 Å². The monoisotopic (exact) mass is 252 g/mol. The number of carbonyl (C=O) groups is 1. The molecule has 0 saturated heterocycles. The number of hydrogen-bond acceptors (Lipinski definition) is 3. The second kappa shape index (κ2) is 6.07. The molecule has 0 bridgehead atoms. The number of carbonyl (C=O) groups excluding carboxylic acids is 1. The zero-order valence-corrected chi connectivity index (χ0v) is 11.4. The minimum atomic E-state index is -0.589. The molecule has 1 rings (SSSR count). The lowest BCUT2D eigenvalue weighted by Crippen LogP contribution is -2.40. The highest BCUT2D eigenvalue weighted by Gasteiger charge is 2.20. The van der Waals surface area contributed by atoms with Crippen molar-refractivity contribution in [1.29, 1.82) is 0 Å². The number of nitrogens with one attached hydrogen (secondary N) is 1. The third-order valence-corrected chi connectivity index (χ3v) is 3.93. The van der Waals surface area contributed by atoms with Crippen LogP contribution in [0.4, 0.5) is 0 Å². The van der Waals surface area contributed by atoms with Gasteiger partial charge >= 0.3 is 0 Å². The standard InChI is InChI=1S/C13H20N2OS/c1-13(2,17-3)9-15-12(16)11(14)10-7-5-4-6-8-10/h4-8,11H,9,14H2,1-3H3,(H,15,16)/t11-/m1/s1. The molecule has 3 nitrogen and oxygen atoms in total. The van der Waals surface area contributed by atoms with Gasteiger partial charge in [-0.05, 0) is 25.7 Å². The SMILES string of the molecule is CSC(C)(C)CNC(=O)[C@H](N)c1ccccc1. The molecule has 1 atom stereocenters. The van der Waals surface area contributed by atoms with E-state index in [1.165, 1.54) is 0 Å². The molecule has 0 aliphatic carbocycles. The first-order valence-corrected chi connectivity index (χ1v) is 6.82. The van der Waals surface area contributed by atoms with Gasteiger partial charge in [0.25, 0.3) is 0 Å². The average Bonchev–Trinajstić information content (AvgIpc) is 2.36. The maximum absolute atomic E-state index is 11.9. The van der Waals surface area contributed by atoms with Gasteiger partial charge in [0, 0.05) is 11.3 Å². The first-order valence-electron chi connectivity index (χ1n) is 5.59. The molecule has 0 aromatic heterocycles. The van der Waals surface area contributed by atoms with Crippen LogP contribution < -0.4 is 11.1 Å². The fourth-order valence-corrected chi connectivity index (χ4v) is 1.51. The first-order chi connectivity index (χ1) is 7.96. The first kappa shape index (κ1) is 14.1. The largest absolute Gasteiger partial charge is 0.353 e. The lowest BCUT2D eigenvalue weighted by Gasteiger charge is -2.23. The van der Waals surface area contributed by atoms with Crippen LogP contribution in [-0.2, 0) is 4.79 Å². The van der Waals surface area contributed by atoms with Crippen LogP contribution in [0.5, 0.6) is 0 Å². The normalized spacial score (nSPS) is 13.2. The van der Waals surface area contributed by atoms with E-state index in [1.807, 2.05) is 36.6 Å². The minimum Gasteiger partial charge on any atom is -0.353 e. The third-order valence-electron chi connectivity index (χ3n) is 2.68. The summed E-state index contributed by atoms with van der Waals surface area (Å²) >= 11 is 1.72. The quantitative estimate of drug-likeness (QED) is 0.842. The van der Waals surface area contributed by atoms with Crippen molar-refractivity contribution in [3.8, 4) is 0 Å². The summed E-state index contributed by atoms with van der Waals surface area (Å²) in [5.41, 5.74) is 6.73. The van der Waals surface area contributed by atoms with Crippen molar-refractivity contribution >= 4 is 17.7 Å². The van der Waals surface area contributed by atoms with Crippen molar-refractivity contribution in [3.05, 3.63) is 35.9 Å². The van der Waals surface area contributed by atoms with Crippen molar-refractivity contribution < 1.29 is 4.79 Å². The van der Waals surface area contributed by atoms with Gasteiger partial charge < -0.3 is 11.1 Å². The van der Waals surface area contributed by atoms with E-state index < -0.39 is 6.04 Å². The molecule has 0 spiro atoms. The number of benzene rings is 1. The molecule has 1 amide bonds. The van der Waals surface area contributed by atoms with Gasteiger partial charge in [-0.1, -0.05) is 30.3 Å². The van der Waals surface area contributed by atoms with Crippen LogP contribution in [0.2, 0.25) is 0 Å². The zero-order chi connectivity index (χ0) is 12.9. The van der Waals surface area contributed by atoms with Gasteiger partial charge in [0.05, 0.1) is 0 Å². The van der Waals surface area contributed by atoms with Gasteiger partial charge in [0.1, 0.15) is 6.04 Å². The summed E-state index contributed by atoms with van der Waals surface area (Å²) in [4.78, 5) is 11.9. The van der Waals surface area contributed by atoms with Crippen molar-refractivity contribution in [1.82, 2.24) is 5.32 Å². The highest BCUT2D eigenvalue weighted by molar-refractivity contribution is 7.99. The van der Waals surface area contributed by atoms with Crippen LogP contribution in [0.3, 0.4) is 0 Å². The van der Waals surface area contributed by atoms with Crippen molar-refractivity contribution in [3.63, 3.8) is 0 Å². The summed E-state index contributed by atoms with van der Waals surface area (Å²) < 4.78 is 0.0338. The number of thioether (sulfide) groups is 1. The Balaban J connectivity index is 2.54. The predicted molar refractivity (Wildman–Crippen MR) is 74.0 cm³/mol. The van der Waals surface area contributed by atoms with Crippen LogP contribution in [0.15, 0.2) is 30.3 Å². The number of rotatable bonds is 5. The molecule has 1 aromatic rings. The number of hydrogen-bond donors (Lipinski definition) is 2. The highest BCUT2D eigenvalue weighted by atomic mass is 32.2. The molecule has 0 aliphatic heterocycles. The Morgan fingerprint density at radius 3 is 2.53 bits per heavy atom. The molecular weight excluding hydrogens is 232 g/mol. The Hall–Kier alpha value is -1.00. The van der Waals surface area contributed by atoms with Crippen molar-refractivity contribution in [2.45, 2.75) is 24.6 Å². The van der Waals surface area contributed by atoms with Gasteiger partial charge in [-0.3, -0.25) is 4.79 Å². The van der Waals surface area contributed by atoms with E-state index in [9.17, 15) is 4.79 Å². The lowest BCUT2D eigenvalue weighted by molar-refractivity contribution is -0.122.